The van der Waals surface area contributed by atoms with Crippen molar-refractivity contribution in [3.05, 3.63) is 0 Å². The van der Waals surface area contributed by atoms with Crippen LogP contribution in [0.5, 0.6) is 0 Å². The lowest BCUT2D eigenvalue weighted by atomic mass is 9.97. The highest BCUT2D eigenvalue weighted by Gasteiger charge is 2.36. The van der Waals surface area contributed by atoms with Crippen molar-refractivity contribution in [3.8, 4) is 0 Å². The van der Waals surface area contributed by atoms with Gasteiger partial charge in [0.2, 0.25) is 0 Å². The minimum absolute atomic E-state index is 0.0460. The standard InChI is InChI=1S/C10H22N.CHF3O3S/c1-9(2,3)8-11(7)10(4,5)6;2-1(3,4)8(5,6)7/h8H,1-7H3;(H,5,6,7)/q+1;/p-1/i8D;. The second kappa shape index (κ2) is 6.21. The van der Waals surface area contributed by atoms with Gasteiger partial charge in [0.1, 0.15) is 14.6 Å². The summed E-state index contributed by atoms with van der Waals surface area (Å²) >= 11 is 0. The fourth-order valence-electron chi connectivity index (χ4n) is 0.671. The van der Waals surface area contributed by atoms with Crippen LogP contribution in [0.15, 0.2) is 0 Å². The van der Waals surface area contributed by atoms with Crippen molar-refractivity contribution in [3.63, 3.8) is 0 Å². The lowest BCUT2D eigenvalue weighted by Crippen LogP contribution is -2.33. The fourth-order valence-corrected chi connectivity index (χ4v) is 0.671. The smallest absolute Gasteiger partial charge is 0.485 e. The van der Waals surface area contributed by atoms with E-state index in [9.17, 15) is 13.2 Å². The van der Waals surface area contributed by atoms with Gasteiger partial charge in [-0.1, -0.05) is 20.8 Å². The molecule has 0 N–H and O–H groups in total. The molecule has 0 saturated heterocycles. The predicted octanol–water partition coefficient (Wildman–Crippen LogP) is 2.60. The summed E-state index contributed by atoms with van der Waals surface area (Å²) in [5.74, 6) is 0. The minimum atomic E-state index is -6.09. The van der Waals surface area contributed by atoms with Crippen LogP contribution in [0.1, 0.15) is 42.9 Å². The van der Waals surface area contributed by atoms with Crippen molar-refractivity contribution in [2.75, 3.05) is 7.05 Å². The molecule has 0 spiro atoms. The van der Waals surface area contributed by atoms with Crippen LogP contribution in [0.25, 0.3) is 0 Å². The summed E-state index contributed by atoms with van der Waals surface area (Å²) in [4.78, 5) is 0. The van der Waals surface area contributed by atoms with E-state index in [4.69, 9.17) is 14.3 Å². The Morgan fingerprint density at radius 2 is 1.37 bits per heavy atom. The molecule has 0 aromatic heterocycles. The van der Waals surface area contributed by atoms with Gasteiger partial charge in [-0.2, -0.15) is 13.2 Å². The minimum Gasteiger partial charge on any atom is -0.741 e. The molecule has 0 aliphatic rings. The molecule has 0 atom stereocenters. The van der Waals surface area contributed by atoms with Crippen LogP contribution >= 0.6 is 0 Å². The van der Waals surface area contributed by atoms with Gasteiger partial charge in [0.05, 0.1) is 0 Å². The molecule has 19 heavy (non-hydrogen) atoms. The molecule has 0 amide bonds. The van der Waals surface area contributed by atoms with Gasteiger partial charge < -0.3 is 4.55 Å². The molecule has 0 aromatic rings. The fraction of sp³-hybridized carbons (Fsp3) is 0.909. The zero-order valence-corrected chi connectivity index (χ0v) is 13.0. The highest BCUT2D eigenvalue weighted by atomic mass is 32.2. The molecule has 0 aliphatic heterocycles. The van der Waals surface area contributed by atoms with E-state index in [-0.39, 0.29) is 11.0 Å². The monoisotopic (exact) mass is 306 g/mol. The van der Waals surface area contributed by atoms with Crippen LogP contribution in [0.4, 0.5) is 13.2 Å². The van der Waals surface area contributed by atoms with Crippen molar-refractivity contribution < 1.29 is 32.1 Å². The maximum Gasteiger partial charge on any atom is 0.485 e. The third-order valence-electron chi connectivity index (χ3n) is 1.79. The Kier molecular flexibility index (Phi) is 6.01. The average Bonchev–Trinajstić information content (AvgIpc) is 2.10. The quantitative estimate of drug-likeness (QED) is 0.299. The number of rotatable bonds is 0. The summed E-state index contributed by atoms with van der Waals surface area (Å²) in [7, 11) is -4.11. The highest BCUT2D eigenvalue weighted by Crippen LogP contribution is 2.20. The van der Waals surface area contributed by atoms with E-state index in [1.54, 1.807) is 0 Å². The molecule has 0 unspecified atom stereocenters. The van der Waals surface area contributed by atoms with E-state index < -0.39 is 15.6 Å². The van der Waals surface area contributed by atoms with Crippen LogP contribution < -0.4 is 0 Å². The lowest BCUT2D eigenvalue weighted by Gasteiger charge is -2.18. The van der Waals surface area contributed by atoms with Crippen molar-refractivity contribution in [2.24, 2.45) is 5.41 Å². The Morgan fingerprint density at radius 3 is 1.42 bits per heavy atom. The Hall–Kier alpha value is -0.630. The van der Waals surface area contributed by atoms with Crippen molar-refractivity contribution >= 4 is 16.3 Å². The first-order chi connectivity index (χ1) is 8.32. The molecular weight excluding hydrogens is 283 g/mol. The molecule has 0 aliphatic carbocycles. The molecule has 0 saturated carbocycles. The van der Waals surface area contributed by atoms with E-state index in [1.165, 1.54) is 0 Å². The maximum atomic E-state index is 10.7. The van der Waals surface area contributed by atoms with E-state index in [0.717, 1.165) is 0 Å². The van der Waals surface area contributed by atoms with Gasteiger partial charge in [-0.05, 0) is 20.8 Å². The molecular formula is C11H22F3NO3S. The number of alkyl halides is 3. The van der Waals surface area contributed by atoms with Crippen LogP contribution in [-0.4, -0.2) is 41.8 Å². The van der Waals surface area contributed by atoms with Gasteiger partial charge in [0.15, 0.2) is 15.7 Å². The highest BCUT2D eigenvalue weighted by molar-refractivity contribution is 7.86. The van der Waals surface area contributed by atoms with Crippen LogP contribution in [-0.2, 0) is 10.1 Å². The Labute approximate surface area is 114 Å². The number of hydrogen-bond acceptors (Lipinski definition) is 3. The second-order valence-corrected chi connectivity index (χ2v) is 7.36. The van der Waals surface area contributed by atoms with Crippen LogP contribution in [0, 0.1) is 5.41 Å². The third-order valence-corrected chi connectivity index (χ3v) is 2.36. The molecule has 8 heteroatoms. The van der Waals surface area contributed by atoms with E-state index in [0.29, 0.717) is 6.19 Å². The van der Waals surface area contributed by atoms with E-state index >= 15 is 0 Å². The molecule has 4 nitrogen and oxygen atoms in total. The van der Waals surface area contributed by atoms with Crippen LogP contribution in [0.3, 0.4) is 0 Å². The maximum absolute atomic E-state index is 10.7. The SMILES string of the molecule is O=S(=O)([O-])C(F)(F)F.[2H]C(=[N+](C)C(C)(C)C)C(C)(C)C. The largest absolute Gasteiger partial charge is 0.741 e. The van der Waals surface area contributed by atoms with E-state index in [2.05, 4.69) is 41.5 Å². The summed E-state index contributed by atoms with van der Waals surface area (Å²) in [6.07, 6.45) is 0.690. The zero-order valence-electron chi connectivity index (χ0n) is 13.2. The average molecular weight is 306 g/mol. The van der Waals surface area contributed by atoms with Gasteiger partial charge in [-0.15, -0.1) is 0 Å². The molecule has 0 fully saturated rings. The Morgan fingerprint density at radius 1 is 1.11 bits per heavy atom. The molecule has 0 radical (unpaired) electrons. The van der Waals surface area contributed by atoms with Gasteiger partial charge in [0.25, 0.3) is 0 Å². The number of halogens is 3. The lowest BCUT2D eigenvalue weighted by molar-refractivity contribution is -0.569. The Balaban J connectivity index is 0. The summed E-state index contributed by atoms with van der Waals surface area (Å²) < 4.78 is 68.9. The summed E-state index contributed by atoms with van der Waals surface area (Å²) in [6.45, 7) is 12.6. The molecule has 0 bridgehead atoms. The zero-order chi connectivity index (χ0) is 17.2. The van der Waals surface area contributed by atoms with Gasteiger partial charge in [-0.25, -0.2) is 13.0 Å². The van der Waals surface area contributed by atoms with E-state index in [1.807, 2.05) is 11.6 Å². The van der Waals surface area contributed by atoms with Crippen molar-refractivity contribution in [1.82, 2.24) is 0 Å². The molecule has 116 valence electrons. The van der Waals surface area contributed by atoms with Gasteiger partial charge in [0, 0.05) is 5.41 Å². The molecule has 0 aromatic carbocycles. The summed E-state index contributed by atoms with van der Waals surface area (Å²) in [6, 6.07) is 0. The number of hydrogen-bond donors (Lipinski definition) is 0. The van der Waals surface area contributed by atoms with Gasteiger partial charge in [-0.3, -0.25) is 0 Å². The normalized spacial score (nSPS) is 16.1. The summed E-state index contributed by atoms with van der Waals surface area (Å²) in [5, 5.41) is 0. The third kappa shape index (κ3) is 10.9. The first kappa shape index (κ1) is 18.4. The topological polar surface area (TPSA) is 60.2 Å². The first-order valence-corrected chi connectivity index (χ1v) is 6.82. The van der Waals surface area contributed by atoms with Gasteiger partial charge >= 0.3 is 5.51 Å². The Bertz CT molecular complexity index is 435. The predicted molar refractivity (Wildman–Crippen MR) is 67.2 cm³/mol. The first-order valence-electron chi connectivity index (χ1n) is 5.92. The molecule has 0 heterocycles. The van der Waals surface area contributed by atoms with Crippen LogP contribution in [0.2, 0.25) is 0 Å². The summed E-state index contributed by atoms with van der Waals surface area (Å²) in [5.41, 5.74) is -5.65. The van der Waals surface area contributed by atoms with Crippen molar-refractivity contribution in [2.45, 2.75) is 52.6 Å². The number of nitrogens with zero attached hydrogens (tertiary/aromatic N) is 1. The second-order valence-electron chi connectivity index (χ2n) is 5.99. The molecule has 0 rings (SSSR count). The van der Waals surface area contributed by atoms with Crippen molar-refractivity contribution in [1.29, 1.82) is 0 Å².